The van der Waals surface area contributed by atoms with Crippen LogP contribution in [-0.2, 0) is 9.59 Å². The van der Waals surface area contributed by atoms with Crippen LogP contribution in [-0.4, -0.2) is 21.9 Å². The van der Waals surface area contributed by atoms with Gasteiger partial charge in [0.2, 0.25) is 0 Å². The lowest BCUT2D eigenvalue weighted by molar-refractivity contribution is -0.122. The second-order valence-electron chi connectivity index (χ2n) is 7.84. The van der Waals surface area contributed by atoms with Gasteiger partial charge in [0.1, 0.15) is 22.9 Å². The molecule has 2 amide bonds. The summed E-state index contributed by atoms with van der Waals surface area (Å²) in [6.45, 7) is 0. The van der Waals surface area contributed by atoms with Gasteiger partial charge in [0.05, 0.1) is 5.69 Å². The predicted octanol–water partition coefficient (Wildman–Crippen LogP) is 5.51. The summed E-state index contributed by atoms with van der Waals surface area (Å²) < 4.78 is 19.2. The SMILES string of the molecule is O=C1NC(=S)N(c2ccc(Oc3ccccc3)cc2)C(=O)/C1=C/c1cnccc1-c1ccc(F)cc1. The van der Waals surface area contributed by atoms with Crippen LogP contribution in [0, 0.1) is 5.82 Å². The summed E-state index contributed by atoms with van der Waals surface area (Å²) in [6.07, 6.45) is 4.59. The maximum atomic E-state index is 13.4. The van der Waals surface area contributed by atoms with Crippen LogP contribution in [0.25, 0.3) is 17.2 Å². The number of hydrogen-bond acceptors (Lipinski definition) is 5. The molecule has 5 rings (SSSR count). The average molecular weight is 496 g/mol. The van der Waals surface area contributed by atoms with Crippen LogP contribution in [0.5, 0.6) is 11.5 Å². The zero-order valence-electron chi connectivity index (χ0n) is 18.7. The van der Waals surface area contributed by atoms with Crippen molar-refractivity contribution in [3.8, 4) is 22.6 Å². The molecule has 1 N–H and O–H groups in total. The maximum absolute atomic E-state index is 13.4. The van der Waals surface area contributed by atoms with Crippen molar-refractivity contribution in [3.05, 3.63) is 114 Å². The highest BCUT2D eigenvalue weighted by Crippen LogP contribution is 2.29. The molecule has 0 bridgehead atoms. The molecule has 1 aromatic heterocycles. The van der Waals surface area contributed by atoms with Gasteiger partial charge in [-0.2, -0.15) is 0 Å². The van der Waals surface area contributed by atoms with Crippen LogP contribution in [0.15, 0.2) is 103 Å². The van der Waals surface area contributed by atoms with E-state index in [4.69, 9.17) is 17.0 Å². The van der Waals surface area contributed by atoms with Gasteiger partial charge in [-0.05, 0) is 84.0 Å². The summed E-state index contributed by atoms with van der Waals surface area (Å²) in [6, 6.07) is 23.8. The first kappa shape index (κ1) is 23.1. The second-order valence-corrected chi connectivity index (χ2v) is 8.22. The van der Waals surface area contributed by atoms with E-state index in [0.717, 1.165) is 5.56 Å². The monoisotopic (exact) mass is 495 g/mol. The Labute approximate surface area is 211 Å². The highest BCUT2D eigenvalue weighted by atomic mass is 32.1. The number of nitrogens with one attached hydrogen (secondary N) is 1. The summed E-state index contributed by atoms with van der Waals surface area (Å²) in [4.78, 5) is 31.5. The number of carbonyl (C=O) groups is 2. The lowest BCUT2D eigenvalue weighted by Gasteiger charge is -2.29. The Hall–Kier alpha value is -4.69. The van der Waals surface area contributed by atoms with Gasteiger partial charge < -0.3 is 4.74 Å². The Kier molecular flexibility index (Phi) is 6.34. The highest BCUT2D eigenvalue weighted by Gasteiger charge is 2.34. The molecule has 0 saturated carbocycles. The molecule has 1 aliphatic rings. The summed E-state index contributed by atoms with van der Waals surface area (Å²) in [5.74, 6) is -0.285. The van der Waals surface area contributed by atoms with E-state index in [2.05, 4.69) is 10.3 Å². The number of nitrogens with zero attached hydrogens (tertiary/aromatic N) is 2. The third-order valence-electron chi connectivity index (χ3n) is 5.48. The van der Waals surface area contributed by atoms with Crippen LogP contribution in [0.1, 0.15) is 5.56 Å². The lowest BCUT2D eigenvalue weighted by atomic mass is 9.99. The standard InChI is InChI=1S/C28H18FN3O3S/c29-20-8-6-18(7-9-20)24-14-15-30-17-19(24)16-25-26(33)31-28(36)32(27(25)34)21-10-12-23(13-11-21)35-22-4-2-1-3-5-22/h1-17H,(H,31,33,36)/b25-16+. The number of halogens is 1. The fourth-order valence-corrected chi connectivity index (χ4v) is 4.03. The fourth-order valence-electron chi connectivity index (χ4n) is 3.75. The zero-order valence-corrected chi connectivity index (χ0v) is 19.5. The smallest absolute Gasteiger partial charge is 0.270 e. The van der Waals surface area contributed by atoms with E-state index in [1.54, 1.807) is 54.9 Å². The van der Waals surface area contributed by atoms with Crippen molar-refractivity contribution in [3.63, 3.8) is 0 Å². The number of thiocarbonyl (C=S) groups is 1. The van der Waals surface area contributed by atoms with Crippen molar-refractivity contribution < 1.29 is 18.7 Å². The van der Waals surface area contributed by atoms with E-state index >= 15 is 0 Å². The van der Waals surface area contributed by atoms with Gasteiger partial charge >= 0.3 is 0 Å². The summed E-state index contributed by atoms with van der Waals surface area (Å²) >= 11 is 5.30. The number of amides is 2. The third-order valence-corrected chi connectivity index (χ3v) is 5.77. The Morgan fingerprint density at radius 2 is 1.58 bits per heavy atom. The molecule has 1 aliphatic heterocycles. The van der Waals surface area contributed by atoms with E-state index in [-0.39, 0.29) is 16.5 Å². The summed E-state index contributed by atoms with van der Waals surface area (Å²) in [5.41, 5.74) is 2.31. The van der Waals surface area contributed by atoms with Gasteiger partial charge in [0.25, 0.3) is 11.8 Å². The van der Waals surface area contributed by atoms with Gasteiger partial charge in [-0.25, -0.2) is 4.39 Å². The number of hydrogen-bond donors (Lipinski definition) is 1. The van der Waals surface area contributed by atoms with Crippen molar-refractivity contribution in [1.82, 2.24) is 10.3 Å². The first-order chi connectivity index (χ1) is 17.5. The molecule has 6 nitrogen and oxygen atoms in total. The summed E-state index contributed by atoms with van der Waals surface area (Å²) in [7, 11) is 0. The first-order valence-electron chi connectivity index (χ1n) is 10.9. The minimum atomic E-state index is -0.612. The fraction of sp³-hybridized carbons (Fsp3) is 0. The molecular weight excluding hydrogens is 477 g/mol. The van der Waals surface area contributed by atoms with Crippen LogP contribution in [0.2, 0.25) is 0 Å². The highest BCUT2D eigenvalue weighted by molar-refractivity contribution is 7.80. The largest absolute Gasteiger partial charge is 0.457 e. The molecule has 0 spiro atoms. The Balaban J connectivity index is 1.45. The second kappa shape index (κ2) is 9.89. The van der Waals surface area contributed by atoms with Gasteiger partial charge in [0.15, 0.2) is 5.11 Å². The molecule has 1 fully saturated rings. The van der Waals surface area contributed by atoms with E-state index in [1.165, 1.54) is 23.1 Å². The normalized spacial score (nSPS) is 14.6. The average Bonchev–Trinajstić information content (AvgIpc) is 2.89. The Bertz CT molecular complexity index is 1490. The number of para-hydroxylation sites is 1. The van der Waals surface area contributed by atoms with Gasteiger partial charge in [-0.15, -0.1) is 0 Å². The van der Waals surface area contributed by atoms with E-state index < -0.39 is 11.8 Å². The van der Waals surface area contributed by atoms with Crippen molar-refractivity contribution in [2.24, 2.45) is 0 Å². The van der Waals surface area contributed by atoms with E-state index in [9.17, 15) is 14.0 Å². The number of aromatic nitrogens is 1. The topological polar surface area (TPSA) is 71.5 Å². The van der Waals surface area contributed by atoms with Crippen LogP contribution < -0.4 is 15.0 Å². The molecule has 0 atom stereocenters. The quantitative estimate of drug-likeness (QED) is 0.225. The predicted molar refractivity (Wildman–Crippen MR) is 139 cm³/mol. The molecule has 36 heavy (non-hydrogen) atoms. The number of pyridine rings is 1. The molecule has 0 unspecified atom stereocenters. The Morgan fingerprint density at radius 3 is 2.31 bits per heavy atom. The molecule has 176 valence electrons. The van der Waals surface area contributed by atoms with Gasteiger partial charge in [-0.3, -0.25) is 24.8 Å². The minimum Gasteiger partial charge on any atom is -0.457 e. The molecular formula is C28H18FN3O3S. The first-order valence-corrected chi connectivity index (χ1v) is 11.3. The molecule has 1 saturated heterocycles. The lowest BCUT2D eigenvalue weighted by Crippen LogP contribution is -2.54. The van der Waals surface area contributed by atoms with Crippen molar-refractivity contribution >= 4 is 40.9 Å². The van der Waals surface area contributed by atoms with E-state index in [1.807, 2.05) is 30.3 Å². The van der Waals surface area contributed by atoms with Gasteiger partial charge in [0, 0.05) is 18.0 Å². The zero-order chi connectivity index (χ0) is 25.1. The van der Waals surface area contributed by atoms with Crippen LogP contribution in [0.3, 0.4) is 0 Å². The molecule has 8 heteroatoms. The number of rotatable bonds is 5. The molecule has 0 aliphatic carbocycles. The third kappa shape index (κ3) is 4.75. The number of anilines is 1. The number of benzene rings is 3. The van der Waals surface area contributed by atoms with Crippen molar-refractivity contribution in [2.45, 2.75) is 0 Å². The van der Waals surface area contributed by atoms with Crippen molar-refractivity contribution in [2.75, 3.05) is 4.90 Å². The molecule has 0 radical (unpaired) electrons. The minimum absolute atomic E-state index is 0.0242. The number of carbonyl (C=O) groups excluding carboxylic acids is 2. The number of ether oxygens (including phenoxy) is 1. The van der Waals surface area contributed by atoms with Crippen molar-refractivity contribution in [1.29, 1.82) is 0 Å². The molecule has 3 aromatic carbocycles. The van der Waals surface area contributed by atoms with Gasteiger partial charge in [-0.1, -0.05) is 30.3 Å². The maximum Gasteiger partial charge on any atom is 0.270 e. The van der Waals surface area contributed by atoms with E-state index in [0.29, 0.717) is 28.3 Å². The van der Waals surface area contributed by atoms with Crippen LogP contribution >= 0.6 is 12.2 Å². The van der Waals surface area contributed by atoms with Crippen LogP contribution in [0.4, 0.5) is 10.1 Å². The molecule has 2 heterocycles. The Morgan fingerprint density at radius 1 is 0.889 bits per heavy atom. The summed E-state index contributed by atoms with van der Waals surface area (Å²) in [5, 5.41) is 2.55. The molecule has 4 aromatic rings.